The number of carbonyl (C=O) groups excluding carboxylic acids is 1. The van der Waals surface area contributed by atoms with Crippen LogP contribution in [0, 0.1) is 17.3 Å². The van der Waals surface area contributed by atoms with Gasteiger partial charge >= 0.3 is 0 Å². The molecule has 0 unspecified atom stereocenters. The smallest absolute Gasteiger partial charge is 0.159 e. The predicted octanol–water partition coefficient (Wildman–Crippen LogP) is 2.71. The fourth-order valence-corrected chi connectivity index (χ4v) is 4.23. The molecule has 0 aromatic heterocycles. The minimum absolute atomic E-state index is 0.358. The Morgan fingerprint density at radius 3 is 3.08 bits per heavy atom. The summed E-state index contributed by atoms with van der Waals surface area (Å²) in [7, 11) is 0. The largest absolute Gasteiger partial charge is 0.295 e. The van der Waals surface area contributed by atoms with Crippen molar-refractivity contribution in [2.45, 2.75) is 39.0 Å². The Hall–Kier alpha value is -0.590. The van der Waals surface area contributed by atoms with Gasteiger partial charge in [0.15, 0.2) is 5.78 Å². The molecule has 0 aromatic carbocycles. The van der Waals surface area contributed by atoms with E-state index in [9.17, 15) is 4.79 Å². The third-order valence-electron chi connectivity index (χ3n) is 4.73. The molecule has 0 heterocycles. The molecule has 2 fully saturated rings. The zero-order chi connectivity index (χ0) is 9.05. The Balaban J connectivity index is 2.12. The molecule has 0 amide bonds. The highest BCUT2D eigenvalue weighted by Crippen LogP contribution is 2.63. The Morgan fingerprint density at radius 2 is 2.23 bits per heavy atom. The second-order valence-electron chi connectivity index (χ2n) is 4.99. The van der Waals surface area contributed by atoms with Crippen LogP contribution in [0.4, 0.5) is 0 Å². The van der Waals surface area contributed by atoms with Crippen molar-refractivity contribution in [1.82, 2.24) is 0 Å². The van der Waals surface area contributed by atoms with Crippen LogP contribution in [0.3, 0.4) is 0 Å². The van der Waals surface area contributed by atoms with Crippen LogP contribution in [0.1, 0.15) is 39.0 Å². The second kappa shape index (κ2) is 2.26. The molecule has 3 rings (SSSR count). The molecule has 0 aliphatic heterocycles. The maximum absolute atomic E-state index is 11.7. The van der Waals surface area contributed by atoms with Crippen molar-refractivity contribution in [1.29, 1.82) is 0 Å². The molecule has 3 aliphatic rings. The molecule has 3 aliphatic carbocycles. The molecular weight excluding hydrogens is 160 g/mol. The van der Waals surface area contributed by atoms with Crippen molar-refractivity contribution in [3.63, 3.8) is 0 Å². The first kappa shape index (κ1) is 7.78. The zero-order valence-corrected chi connectivity index (χ0v) is 8.18. The van der Waals surface area contributed by atoms with Gasteiger partial charge in [-0.05, 0) is 44.6 Å². The molecule has 13 heavy (non-hydrogen) atoms. The predicted molar refractivity (Wildman–Crippen MR) is 51.3 cm³/mol. The van der Waals surface area contributed by atoms with Crippen LogP contribution in [0.2, 0.25) is 0 Å². The standard InChI is InChI=1S/C12H16O/c1-8-7-11(13)10-5-4-9-3-2-6-12(8,9)10/h7,9-10H,2-6H2,1H3/t9-,10+,12+/m1/s1. The highest BCUT2D eigenvalue weighted by atomic mass is 16.1. The summed E-state index contributed by atoms with van der Waals surface area (Å²) in [5.41, 5.74) is 1.76. The highest BCUT2D eigenvalue weighted by Gasteiger charge is 2.58. The van der Waals surface area contributed by atoms with E-state index in [2.05, 4.69) is 6.92 Å². The zero-order valence-electron chi connectivity index (χ0n) is 8.18. The lowest BCUT2D eigenvalue weighted by atomic mass is 9.72. The number of hydrogen-bond acceptors (Lipinski definition) is 1. The van der Waals surface area contributed by atoms with Gasteiger partial charge in [0.25, 0.3) is 0 Å². The van der Waals surface area contributed by atoms with Crippen LogP contribution in [0.5, 0.6) is 0 Å². The molecule has 3 atom stereocenters. The van der Waals surface area contributed by atoms with Gasteiger partial charge in [-0.1, -0.05) is 12.0 Å². The fraction of sp³-hybridized carbons (Fsp3) is 0.750. The summed E-state index contributed by atoms with van der Waals surface area (Å²) in [6.07, 6.45) is 8.41. The molecule has 0 radical (unpaired) electrons. The average molecular weight is 176 g/mol. The van der Waals surface area contributed by atoms with Crippen LogP contribution in [0.25, 0.3) is 0 Å². The molecule has 1 heteroatoms. The summed E-state index contributed by atoms with van der Waals surface area (Å²) in [5, 5.41) is 0. The molecule has 1 nitrogen and oxygen atoms in total. The number of rotatable bonds is 0. The molecule has 0 N–H and O–H groups in total. The Labute approximate surface area is 79.2 Å². The Morgan fingerprint density at radius 1 is 1.38 bits per heavy atom. The minimum atomic E-state index is 0.358. The van der Waals surface area contributed by atoms with E-state index in [1.54, 1.807) is 0 Å². The van der Waals surface area contributed by atoms with E-state index < -0.39 is 0 Å². The monoisotopic (exact) mass is 176 g/mol. The first-order valence-electron chi connectivity index (χ1n) is 5.48. The van der Waals surface area contributed by atoms with Gasteiger partial charge in [-0.15, -0.1) is 0 Å². The molecule has 2 saturated carbocycles. The highest BCUT2D eigenvalue weighted by molar-refractivity contribution is 5.97. The molecule has 0 aromatic rings. The van der Waals surface area contributed by atoms with Crippen molar-refractivity contribution in [2.75, 3.05) is 0 Å². The van der Waals surface area contributed by atoms with Gasteiger partial charge in [-0.25, -0.2) is 0 Å². The quantitative estimate of drug-likeness (QED) is 0.554. The fourth-order valence-electron chi connectivity index (χ4n) is 4.23. The summed E-state index contributed by atoms with van der Waals surface area (Å²) in [5.74, 6) is 1.67. The lowest BCUT2D eigenvalue weighted by Gasteiger charge is -2.31. The summed E-state index contributed by atoms with van der Waals surface area (Å²) < 4.78 is 0. The molecule has 0 bridgehead atoms. The number of allylic oxidation sites excluding steroid dienone is 2. The van der Waals surface area contributed by atoms with Crippen molar-refractivity contribution in [3.05, 3.63) is 11.6 Å². The van der Waals surface area contributed by atoms with E-state index in [0.717, 1.165) is 12.3 Å². The summed E-state index contributed by atoms with van der Waals surface area (Å²) in [4.78, 5) is 11.7. The van der Waals surface area contributed by atoms with Crippen molar-refractivity contribution < 1.29 is 4.79 Å². The SMILES string of the molecule is CC1=CC(=O)[C@@H]2CC[C@H]3CCC[C@]132. The summed E-state index contributed by atoms with van der Waals surface area (Å²) in [6.45, 7) is 2.18. The van der Waals surface area contributed by atoms with Gasteiger partial charge in [0.2, 0.25) is 0 Å². The van der Waals surface area contributed by atoms with Gasteiger partial charge in [0.1, 0.15) is 0 Å². The molecular formula is C12H16O. The Bertz CT molecular complexity index is 302. The van der Waals surface area contributed by atoms with E-state index >= 15 is 0 Å². The van der Waals surface area contributed by atoms with Gasteiger partial charge < -0.3 is 0 Å². The van der Waals surface area contributed by atoms with E-state index in [1.165, 1.54) is 31.3 Å². The number of hydrogen-bond donors (Lipinski definition) is 0. The van der Waals surface area contributed by atoms with E-state index in [4.69, 9.17) is 0 Å². The topological polar surface area (TPSA) is 17.1 Å². The van der Waals surface area contributed by atoms with E-state index in [1.807, 2.05) is 6.08 Å². The minimum Gasteiger partial charge on any atom is -0.295 e. The number of carbonyl (C=O) groups is 1. The van der Waals surface area contributed by atoms with Crippen molar-refractivity contribution in [2.24, 2.45) is 17.3 Å². The molecule has 1 spiro atoms. The van der Waals surface area contributed by atoms with Crippen LogP contribution in [0.15, 0.2) is 11.6 Å². The first-order chi connectivity index (χ1) is 6.25. The van der Waals surface area contributed by atoms with Gasteiger partial charge in [0.05, 0.1) is 0 Å². The van der Waals surface area contributed by atoms with Crippen LogP contribution >= 0.6 is 0 Å². The summed E-state index contributed by atoms with van der Waals surface area (Å²) >= 11 is 0. The third kappa shape index (κ3) is 0.722. The average Bonchev–Trinajstić information content (AvgIpc) is 2.63. The summed E-state index contributed by atoms with van der Waals surface area (Å²) in [6, 6.07) is 0. The second-order valence-corrected chi connectivity index (χ2v) is 4.99. The van der Waals surface area contributed by atoms with Gasteiger partial charge in [-0.3, -0.25) is 4.79 Å². The lowest BCUT2D eigenvalue weighted by molar-refractivity contribution is -0.119. The maximum Gasteiger partial charge on any atom is 0.159 e. The normalized spacial score (nSPS) is 47.8. The first-order valence-corrected chi connectivity index (χ1v) is 5.48. The van der Waals surface area contributed by atoms with Crippen LogP contribution in [-0.4, -0.2) is 5.78 Å². The third-order valence-corrected chi connectivity index (χ3v) is 4.73. The van der Waals surface area contributed by atoms with Gasteiger partial charge in [0, 0.05) is 11.3 Å². The molecule has 0 saturated heterocycles. The lowest BCUT2D eigenvalue weighted by Crippen LogP contribution is -2.27. The Kier molecular flexibility index (Phi) is 1.35. The molecule has 70 valence electrons. The van der Waals surface area contributed by atoms with E-state index in [-0.39, 0.29) is 0 Å². The van der Waals surface area contributed by atoms with Crippen LogP contribution in [-0.2, 0) is 4.79 Å². The van der Waals surface area contributed by atoms with Gasteiger partial charge in [-0.2, -0.15) is 0 Å². The van der Waals surface area contributed by atoms with Crippen LogP contribution < -0.4 is 0 Å². The van der Waals surface area contributed by atoms with Crippen molar-refractivity contribution >= 4 is 5.78 Å². The van der Waals surface area contributed by atoms with E-state index in [0.29, 0.717) is 17.1 Å². The van der Waals surface area contributed by atoms with Crippen molar-refractivity contribution in [3.8, 4) is 0 Å². The number of ketones is 1. The maximum atomic E-state index is 11.7.